The van der Waals surface area contributed by atoms with Crippen LogP contribution in [-0.2, 0) is 4.79 Å². The van der Waals surface area contributed by atoms with E-state index in [1.54, 1.807) is 0 Å². The Hall–Kier alpha value is -2.14. The average Bonchev–Trinajstić information content (AvgIpc) is 3.27. The minimum Gasteiger partial charge on any atom is -0.477 e. The minimum absolute atomic E-state index is 0.0699. The number of carboxylic acid groups (broad SMARTS) is 1. The van der Waals surface area contributed by atoms with E-state index in [0.29, 0.717) is 18.0 Å². The lowest BCUT2D eigenvalue weighted by atomic mass is 9.83. The molecule has 2 aliphatic rings. The Morgan fingerprint density at radius 2 is 1.81 bits per heavy atom. The third-order valence-electron chi connectivity index (χ3n) is 5.67. The number of amides is 1. The van der Waals surface area contributed by atoms with Gasteiger partial charge in [-0.05, 0) is 36.8 Å². The fourth-order valence-electron chi connectivity index (χ4n) is 4.44. The summed E-state index contributed by atoms with van der Waals surface area (Å²) in [5.74, 6) is -0.383. The van der Waals surface area contributed by atoms with Crippen LogP contribution in [0.1, 0.15) is 54.6 Å². The predicted octanol–water partition coefficient (Wildman–Crippen LogP) is 5.19. The Balaban J connectivity index is 1.73. The fourth-order valence-corrected chi connectivity index (χ4v) is 5.44. The molecule has 1 aliphatic carbocycles. The Morgan fingerprint density at radius 3 is 2.50 bits per heavy atom. The van der Waals surface area contributed by atoms with Crippen LogP contribution >= 0.6 is 11.3 Å². The SMILES string of the molecule is O=C(O)c1sc(-c2ccccc2)cc1N1C(=O)CC[C@@H]1C1CCCCC1. The Labute approximate surface area is 157 Å². The number of rotatable bonds is 4. The first-order valence-corrected chi connectivity index (χ1v) is 10.2. The number of aromatic carboxylic acids is 1. The van der Waals surface area contributed by atoms with E-state index in [1.807, 2.05) is 41.3 Å². The molecule has 4 nitrogen and oxygen atoms in total. The van der Waals surface area contributed by atoms with Crippen molar-refractivity contribution in [3.63, 3.8) is 0 Å². The summed E-state index contributed by atoms with van der Waals surface area (Å²) < 4.78 is 0. The maximum absolute atomic E-state index is 12.7. The van der Waals surface area contributed by atoms with Gasteiger partial charge in [-0.3, -0.25) is 4.79 Å². The number of hydrogen-bond donors (Lipinski definition) is 1. The molecule has 2 aromatic rings. The van der Waals surface area contributed by atoms with Crippen LogP contribution in [0, 0.1) is 5.92 Å². The van der Waals surface area contributed by atoms with Crippen LogP contribution in [0.15, 0.2) is 36.4 Å². The molecular formula is C21H23NO3S. The quantitative estimate of drug-likeness (QED) is 0.807. The molecule has 1 saturated carbocycles. The summed E-state index contributed by atoms with van der Waals surface area (Å²) in [4.78, 5) is 27.6. The van der Waals surface area contributed by atoms with E-state index in [0.717, 1.165) is 29.7 Å². The third kappa shape index (κ3) is 3.16. The van der Waals surface area contributed by atoms with Crippen molar-refractivity contribution < 1.29 is 14.7 Å². The Bertz CT molecular complexity index is 808. The van der Waals surface area contributed by atoms with Crippen molar-refractivity contribution in [3.8, 4) is 10.4 Å². The van der Waals surface area contributed by atoms with E-state index in [9.17, 15) is 14.7 Å². The Morgan fingerprint density at radius 1 is 1.08 bits per heavy atom. The number of carbonyl (C=O) groups is 2. The van der Waals surface area contributed by atoms with E-state index in [2.05, 4.69) is 0 Å². The second-order valence-corrected chi connectivity index (χ2v) is 8.32. The standard InChI is InChI=1S/C21H23NO3S/c23-19-12-11-16(14-7-3-1-4-8-14)22(19)17-13-18(26-20(17)21(24)25)15-9-5-2-6-10-15/h2,5-6,9-10,13-14,16H,1,3-4,7-8,11-12H2,(H,24,25)/t16-/m1/s1. The number of nitrogens with zero attached hydrogens (tertiary/aromatic N) is 1. The number of anilines is 1. The topological polar surface area (TPSA) is 57.6 Å². The van der Waals surface area contributed by atoms with Gasteiger partial charge in [0.1, 0.15) is 4.88 Å². The second kappa shape index (κ2) is 7.23. The summed E-state index contributed by atoms with van der Waals surface area (Å²) >= 11 is 1.26. The van der Waals surface area contributed by atoms with Crippen LogP contribution in [0.2, 0.25) is 0 Å². The molecule has 26 heavy (non-hydrogen) atoms. The molecule has 5 heteroatoms. The molecule has 1 N–H and O–H groups in total. The van der Waals surface area contributed by atoms with Gasteiger partial charge < -0.3 is 10.0 Å². The normalized spacial score (nSPS) is 21.3. The average molecular weight is 369 g/mol. The lowest BCUT2D eigenvalue weighted by Crippen LogP contribution is -2.39. The highest BCUT2D eigenvalue weighted by Crippen LogP contribution is 2.43. The van der Waals surface area contributed by atoms with Crippen molar-refractivity contribution in [2.75, 3.05) is 4.90 Å². The van der Waals surface area contributed by atoms with Gasteiger partial charge in [-0.25, -0.2) is 4.79 Å². The number of thiophene rings is 1. The van der Waals surface area contributed by atoms with Crippen molar-refractivity contribution in [2.24, 2.45) is 5.92 Å². The summed E-state index contributed by atoms with van der Waals surface area (Å²) in [6.07, 6.45) is 7.37. The predicted molar refractivity (Wildman–Crippen MR) is 104 cm³/mol. The maximum atomic E-state index is 12.7. The zero-order valence-electron chi connectivity index (χ0n) is 14.7. The third-order valence-corrected chi connectivity index (χ3v) is 6.83. The molecule has 0 spiro atoms. The second-order valence-electron chi connectivity index (χ2n) is 7.26. The molecule has 4 rings (SSSR count). The Kier molecular flexibility index (Phi) is 4.81. The first-order valence-electron chi connectivity index (χ1n) is 9.40. The molecule has 1 aliphatic heterocycles. The number of benzene rings is 1. The highest BCUT2D eigenvalue weighted by Gasteiger charge is 2.40. The lowest BCUT2D eigenvalue weighted by Gasteiger charge is -2.34. The van der Waals surface area contributed by atoms with Gasteiger partial charge in [0, 0.05) is 17.3 Å². The van der Waals surface area contributed by atoms with Gasteiger partial charge >= 0.3 is 5.97 Å². The fraction of sp³-hybridized carbons (Fsp3) is 0.429. The van der Waals surface area contributed by atoms with Crippen LogP contribution in [0.25, 0.3) is 10.4 Å². The van der Waals surface area contributed by atoms with Crippen LogP contribution in [0.5, 0.6) is 0 Å². The van der Waals surface area contributed by atoms with E-state index < -0.39 is 5.97 Å². The zero-order valence-corrected chi connectivity index (χ0v) is 15.5. The van der Waals surface area contributed by atoms with Crippen LogP contribution in [0.4, 0.5) is 5.69 Å². The summed E-state index contributed by atoms with van der Waals surface area (Å²) in [5.41, 5.74) is 1.59. The van der Waals surface area contributed by atoms with Gasteiger partial charge in [0.15, 0.2) is 0 Å². The first kappa shape index (κ1) is 17.3. The highest BCUT2D eigenvalue weighted by molar-refractivity contribution is 7.18. The van der Waals surface area contributed by atoms with E-state index >= 15 is 0 Å². The van der Waals surface area contributed by atoms with Crippen LogP contribution in [0.3, 0.4) is 0 Å². The van der Waals surface area contributed by atoms with Crippen molar-refractivity contribution in [1.82, 2.24) is 0 Å². The summed E-state index contributed by atoms with van der Waals surface area (Å²) in [6.45, 7) is 0. The van der Waals surface area contributed by atoms with Gasteiger partial charge in [-0.1, -0.05) is 49.6 Å². The van der Waals surface area contributed by atoms with E-state index in [-0.39, 0.29) is 16.8 Å². The molecule has 2 heterocycles. The molecule has 1 aromatic carbocycles. The molecule has 0 bridgehead atoms. The number of hydrogen-bond acceptors (Lipinski definition) is 3. The van der Waals surface area contributed by atoms with Crippen molar-refractivity contribution in [3.05, 3.63) is 41.3 Å². The number of carbonyl (C=O) groups excluding carboxylic acids is 1. The summed E-state index contributed by atoms with van der Waals surface area (Å²) in [7, 11) is 0. The molecule has 1 amide bonds. The van der Waals surface area contributed by atoms with Crippen molar-refractivity contribution in [1.29, 1.82) is 0 Å². The molecule has 0 unspecified atom stereocenters. The number of carboxylic acids is 1. The summed E-state index contributed by atoms with van der Waals surface area (Å²) in [6, 6.07) is 11.8. The smallest absolute Gasteiger partial charge is 0.348 e. The summed E-state index contributed by atoms with van der Waals surface area (Å²) in [5, 5.41) is 9.74. The molecular weight excluding hydrogens is 346 g/mol. The molecule has 0 radical (unpaired) electrons. The highest BCUT2D eigenvalue weighted by atomic mass is 32.1. The van der Waals surface area contributed by atoms with Gasteiger partial charge in [-0.2, -0.15) is 0 Å². The minimum atomic E-state index is -0.950. The molecule has 1 aromatic heterocycles. The first-order chi connectivity index (χ1) is 12.6. The van der Waals surface area contributed by atoms with Gasteiger partial charge in [0.05, 0.1) is 5.69 Å². The zero-order chi connectivity index (χ0) is 18.1. The van der Waals surface area contributed by atoms with Gasteiger partial charge in [-0.15, -0.1) is 11.3 Å². The van der Waals surface area contributed by atoms with Crippen molar-refractivity contribution in [2.45, 2.75) is 51.0 Å². The van der Waals surface area contributed by atoms with E-state index in [1.165, 1.54) is 30.6 Å². The van der Waals surface area contributed by atoms with Crippen molar-refractivity contribution >= 4 is 28.9 Å². The largest absolute Gasteiger partial charge is 0.477 e. The van der Waals surface area contributed by atoms with Gasteiger partial charge in [0.25, 0.3) is 0 Å². The lowest BCUT2D eigenvalue weighted by molar-refractivity contribution is -0.117. The molecule has 136 valence electrons. The monoisotopic (exact) mass is 369 g/mol. The molecule has 1 saturated heterocycles. The van der Waals surface area contributed by atoms with Crippen LogP contribution in [-0.4, -0.2) is 23.0 Å². The molecule has 2 fully saturated rings. The van der Waals surface area contributed by atoms with Crippen LogP contribution < -0.4 is 4.90 Å². The van der Waals surface area contributed by atoms with Gasteiger partial charge in [0.2, 0.25) is 5.91 Å². The molecule has 1 atom stereocenters. The van der Waals surface area contributed by atoms with E-state index in [4.69, 9.17) is 0 Å². The maximum Gasteiger partial charge on any atom is 0.348 e.